The predicted octanol–water partition coefficient (Wildman–Crippen LogP) is 3.34. The molecule has 1 heterocycles. The van der Waals surface area contributed by atoms with Crippen molar-refractivity contribution in [2.75, 3.05) is 10.7 Å². The van der Waals surface area contributed by atoms with E-state index in [4.69, 9.17) is 5.84 Å². The average molecular weight is 373 g/mol. The maximum atomic E-state index is 5.35. The number of anilines is 3. The number of hydrogen-bond acceptors (Lipinski definition) is 5. The van der Waals surface area contributed by atoms with Crippen molar-refractivity contribution >= 4 is 49.2 Å². The second-order valence-electron chi connectivity index (χ2n) is 3.62. The van der Waals surface area contributed by atoms with Gasteiger partial charge in [0.1, 0.15) is 16.6 Å². The zero-order valence-electron chi connectivity index (χ0n) is 9.54. The number of nitrogen functional groups attached to an aromatic ring is 1. The van der Waals surface area contributed by atoms with Gasteiger partial charge >= 0.3 is 0 Å². The van der Waals surface area contributed by atoms with E-state index in [2.05, 4.69) is 52.6 Å². The van der Waals surface area contributed by atoms with Gasteiger partial charge in [0.2, 0.25) is 0 Å². The Morgan fingerprint density at radius 1 is 1.17 bits per heavy atom. The highest BCUT2D eigenvalue weighted by Crippen LogP contribution is 2.29. The Kier molecular flexibility index (Phi) is 4.15. The van der Waals surface area contributed by atoms with Crippen LogP contribution in [0.3, 0.4) is 0 Å². The summed E-state index contributed by atoms with van der Waals surface area (Å²) in [7, 11) is 0. The number of rotatable bonds is 3. The fraction of sp³-hybridized carbons (Fsp3) is 0.0909. The minimum Gasteiger partial charge on any atom is -0.339 e. The highest BCUT2D eigenvalue weighted by Gasteiger charge is 2.08. The van der Waals surface area contributed by atoms with E-state index in [0.717, 1.165) is 10.2 Å². The van der Waals surface area contributed by atoms with Crippen molar-refractivity contribution < 1.29 is 0 Å². The number of hydrogen-bond donors (Lipinski definition) is 3. The van der Waals surface area contributed by atoms with Gasteiger partial charge in [0.25, 0.3) is 0 Å². The van der Waals surface area contributed by atoms with Crippen molar-refractivity contribution in [3.05, 3.63) is 39.0 Å². The third-order valence-electron chi connectivity index (χ3n) is 2.36. The molecule has 0 spiro atoms. The summed E-state index contributed by atoms with van der Waals surface area (Å²) in [4.78, 5) is 8.14. The third-order valence-corrected chi connectivity index (χ3v) is 3.97. The van der Waals surface area contributed by atoms with Crippen LogP contribution < -0.4 is 16.6 Å². The predicted molar refractivity (Wildman–Crippen MR) is 79.7 cm³/mol. The second kappa shape index (κ2) is 5.64. The van der Waals surface area contributed by atoms with Crippen molar-refractivity contribution in [2.45, 2.75) is 6.92 Å². The normalized spacial score (nSPS) is 10.2. The van der Waals surface area contributed by atoms with Crippen LogP contribution in [0.15, 0.2) is 33.5 Å². The van der Waals surface area contributed by atoms with Gasteiger partial charge in [0.05, 0.1) is 0 Å². The largest absolute Gasteiger partial charge is 0.339 e. The molecule has 7 heteroatoms. The Labute approximate surface area is 121 Å². The van der Waals surface area contributed by atoms with Crippen LogP contribution in [0.4, 0.5) is 17.3 Å². The van der Waals surface area contributed by atoms with Crippen LogP contribution in [-0.2, 0) is 0 Å². The molecule has 94 valence electrons. The van der Waals surface area contributed by atoms with Crippen LogP contribution in [0.5, 0.6) is 0 Å². The van der Waals surface area contributed by atoms with E-state index in [-0.39, 0.29) is 0 Å². The lowest BCUT2D eigenvalue weighted by Gasteiger charge is -2.10. The van der Waals surface area contributed by atoms with Gasteiger partial charge in [-0.15, -0.1) is 0 Å². The van der Waals surface area contributed by atoms with E-state index < -0.39 is 0 Å². The molecular formula is C11H11Br2N5. The molecule has 0 bridgehead atoms. The summed E-state index contributed by atoms with van der Waals surface area (Å²) in [6.07, 6.45) is 1.44. The maximum Gasteiger partial charge on any atom is 0.159 e. The molecule has 5 nitrogen and oxygen atoms in total. The number of aromatic nitrogens is 2. The SMILES string of the molecule is Cc1ccc(Nc2ncnc(NN)c2Br)cc1Br. The first-order chi connectivity index (χ1) is 8.61. The van der Waals surface area contributed by atoms with Crippen LogP contribution >= 0.6 is 31.9 Å². The molecule has 0 unspecified atom stereocenters. The van der Waals surface area contributed by atoms with Crippen molar-refractivity contribution in [3.63, 3.8) is 0 Å². The van der Waals surface area contributed by atoms with Gasteiger partial charge in [0, 0.05) is 10.2 Å². The third kappa shape index (κ3) is 2.80. The standard InChI is InChI=1S/C11H11Br2N5/c1-6-2-3-7(4-8(6)12)17-10-9(13)11(18-14)16-5-15-10/h2-5H,14H2,1H3,(H2,15,16,17,18). The molecule has 0 radical (unpaired) electrons. The number of nitrogens with zero attached hydrogens (tertiary/aromatic N) is 2. The van der Waals surface area contributed by atoms with Crippen molar-refractivity contribution in [1.82, 2.24) is 9.97 Å². The molecule has 0 saturated heterocycles. The number of aryl methyl sites for hydroxylation is 1. The Morgan fingerprint density at radius 2 is 1.89 bits per heavy atom. The first-order valence-corrected chi connectivity index (χ1v) is 6.70. The lowest BCUT2D eigenvalue weighted by molar-refractivity contribution is 1.12. The summed E-state index contributed by atoms with van der Waals surface area (Å²) in [5, 5.41) is 3.19. The number of nitrogens with two attached hydrogens (primary N) is 1. The topological polar surface area (TPSA) is 75.9 Å². The monoisotopic (exact) mass is 371 g/mol. The molecule has 1 aromatic carbocycles. The highest BCUT2D eigenvalue weighted by molar-refractivity contribution is 9.11. The fourth-order valence-corrected chi connectivity index (χ4v) is 2.16. The van der Waals surface area contributed by atoms with E-state index in [9.17, 15) is 0 Å². The van der Waals surface area contributed by atoms with Crippen LogP contribution in [0, 0.1) is 6.92 Å². The average Bonchev–Trinajstić information content (AvgIpc) is 2.36. The summed E-state index contributed by atoms with van der Waals surface area (Å²) in [6.45, 7) is 2.03. The van der Waals surface area contributed by atoms with Crippen molar-refractivity contribution in [2.24, 2.45) is 5.84 Å². The molecule has 0 aliphatic rings. The van der Waals surface area contributed by atoms with Gasteiger partial charge in [0.15, 0.2) is 5.82 Å². The smallest absolute Gasteiger partial charge is 0.159 e. The quantitative estimate of drug-likeness (QED) is 0.569. The molecule has 2 rings (SSSR count). The van der Waals surface area contributed by atoms with Gasteiger partial charge in [-0.3, -0.25) is 0 Å². The number of halogens is 2. The van der Waals surface area contributed by atoms with Crippen LogP contribution in [0.1, 0.15) is 5.56 Å². The molecular weight excluding hydrogens is 362 g/mol. The number of hydrazine groups is 1. The maximum absolute atomic E-state index is 5.35. The van der Waals surface area contributed by atoms with Gasteiger partial charge in [-0.25, -0.2) is 15.8 Å². The molecule has 2 aromatic rings. The van der Waals surface area contributed by atoms with E-state index >= 15 is 0 Å². The van der Waals surface area contributed by atoms with Crippen LogP contribution in [0.2, 0.25) is 0 Å². The zero-order valence-corrected chi connectivity index (χ0v) is 12.7. The summed E-state index contributed by atoms with van der Waals surface area (Å²) in [6, 6.07) is 5.98. The lowest BCUT2D eigenvalue weighted by atomic mass is 10.2. The van der Waals surface area contributed by atoms with E-state index in [0.29, 0.717) is 16.1 Å². The minimum absolute atomic E-state index is 0.527. The van der Waals surface area contributed by atoms with Gasteiger partial charge in [-0.1, -0.05) is 22.0 Å². The summed E-state index contributed by atoms with van der Waals surface area (Å²) < 4.78 is 1.72. The molecule has 0 atom stereocenters. The van der Waals surface area contributed by atoms with Gasteiger partial charge in [-0.05, 0) is 40.5 Å². The Bertz CT molecular complexity index is 573. The van der Waals surface area contributed by atoms with Gasteiger partial charge in [-0.2, -0.15) is 0 Å². The fourth-order valence-electron chi connectivity index (χ4n) is 1.36. The first-order valence-electron chi connectivity index (χ1n) is 5.12. The Hall–Kier alpha value is -1.18. The minimum atomic E-state index is 0.527. The molecule has 0 aliphatic carbocycles. The molecule has 4 N–H and O–H groups in total. The number of nitrogens with one attached hydrogen (secondary N) is 2. The highest BCUT2D eigenvalue weighted by atomic mass is 79.9. The first kappa shape index (κ1) is 13.3. The molecule has 0 aliphatic heterocycles. The molecule has 0 saturated carbocycles. The number of benzene rings is 1. The Morgan fingerprint density at radius 3 is 2.56 bits per heavy atom. The van der Waals surface area contributed by atoms with E-state index in [1.165, 1.54) is 11.9 Å². The summed E-state index contributed by atoms with van der Waals surface area (Å²) in [5.41, 5.74) is 4.59. The molecule has 0 fully saturated rings. The molecule has 1 aromatic heterocycles. The van der Waals surface area contributed by atoms with Crippen molar-refractivity contribution in [1.29, 1.82) is 0 Å². The van der Waals surface area contributed by atoms with Gasteiger partial charge < -0.3 is 10.7 Å². The van der Waals surface area contributed by atoms with E-state index in [1.54, 1.807) is 0 Å². The Balaban J connectivity index is 2.31. The lowest BCUT2D eigenvalue weighted by Crippen LogP contribution is -2.10. The summed E-state index contributed by atoms with van der Waals surface area (Å²) in [5.74, 6) is 6.52. The molecule has 0 amide bonds. The van der Waals surface area contributed by atoms with E-state index in [1.807, 2.05) is 25.1 Å². The summed E-state index contributed by atoms with van der Waals surface area (Å²) >= 11 is 6.88. The molecule has 18 heavy (non-hydrogen) atoms. The van der Waals surface area contributed by atoms with Crippen molar-refractivity contribution in [3.8, 4) is 0 Å². The second-order valence-corrected chi connectivity index (χ2v) is 5.27. The van der Waals surface area contributed by atoms with Crippen LogP contribution in [-0.4, -0.2) is 9.97 Å². The zero-order chi connectivity index (χ0) is 13.1. The van der Waals surface area contributed by atoms with Crippen LogP contribution in [0.25, 0.3) is 0 Å².